The van der Waals surface area contributed by atoms with Crippen molar-refractivity contribution in [2.24, 2.45) is 0 Å². The van der Waals surface area contributed by atoms with Gasteiger partial charge in [-0.2, -0.15) is 0 Å². The first kappa shape index (κ1) is 36.8. The van der Waals surface area contributed by atoms with E-state index in [2.05, 4.69) is 252 Å². The molecular weight excluding hydrogens is 781 g/mol. The van der Waals surface area contributed by atoms with Gasteiger partial charge >= 0.3 is 0 Å². The molecule has 2 aromatic heterocycles. The molecular formula is C60H40N2S. The highest BCUT2D eigenvalue weighted by Gasteiger charge is 2.19. The Bertz CT molecular complexity index is 3530. The molecule has 63 heavy (non-hydrogen) atoms. The minimum absolute atomic E-state index is 1.09. The van der Waals surface area contributed by atoms with E-state index >= 15 is 0 Å². The van der Waals surface area contributed by atoms with Crippen LogP contribution in [0.2, 0.25) is 0 Å². The molecule has 0 unspecified atom stereocenters. The molecule has 10 aromatic carbocycles. The molecule has 0 amide bonds. The maximum Gasteiger partial charge on any atom is 0.0561 e. The Labute approximate surface area is 370 Å². The zero-order valence-electron chi connectivity index (χ0n) is 34.4. The monoisotopic (exact) mass is 820 g/mol. The van der Waals surface area contributed by atoms with Crippen molar-refractivity contribution in [3.63, 3.8) is 0 Å². The van der Waals surface area contributed by atoms with Crippen LogP contribution in [0.4, 0.5) is 17.1 Å². The van der Waals surface area contributed by atoms with Crippen LogP contribution >= 0.6 is 11.3 Å². The Hall–Kier alpha value is -7.98. The predicted molar refractivity (Wildman–Crippen MR) is 270 cm³/mol. The number of benzene rings is 10. The summed E-state index contributed by atoms with van der Waals surface area (Å²) in [5.74, 6) is 0. The van der Waals surface area contributed by atoms with Crippen molar-refractivity contribution in [3.05, 3.63) is 243 Å². The van der Waals surface area contributed by atoms with E-state index in [9.17, 15) is 0 Å². The Balaban J connectivity index is 0.993. The van der Waals surface area contributed by atoms with Gasteiger partial charge in [-0.05, 0) is 136 Å². The van der Waals surface area contributed by atoms with Gasteiger partial charge in [0, 0.05) is 53.7 Å². The maximum atomic E-state index is 2.40. The van der Waals surface area contributed by atoms with Crippen LogP contribution in [0.3, 0.4) is 0 Å². The van der Waals surface area contributed by atoms with Crippen LogP contribution in [-0.4, -0.2) is 4.57 Å². The predicted octanol–water partition coefficient (Wildman–Crippen LogP) is 17.3. The molecule has 0 bridgehead atoms. The van der Waals surface area contributed by atoms with Crippen molar-refractivity contribution in [3.8, 4) is 50.2 Å². The fraction of sp³-hybridized carbons (Fsp3) is 0. The lowest BCUT2D eigenvalue weighted by Crippen LogP contribution is -2.10. The summed E-state index contributed by atoms with van der Waals surface area (Å²) in [5, 5.41) is 5.10. The fourth-order valence-corrected chi connectivity index (χ4v) is 10.4. The summed E-state index contributed by atoms with van der Waals surface area (Å²) in [6.45, 7) is 0. The number of hydrogen-bond acceptors (Lipinski definition) is 2. The SMILES string of the molecule is c1ccc(-c2cc(-c3ccccc3)cc(-c3ccc(N(c4ccc(-c5ccc6sc7ccccc7c6c5)cc4)c4ccc5c6ccccc6n(-c6ccccc6)c5c4)cc3)c2)cc1. The Kier molecular flexibility index (Phi) is 9.06. The average Bonchev–Trinajstić information content (AvgIpc) is 3.90. The lowest BCUT2D eigenvalue weighted by atomic mass is 9.93. The highest BCUT2D eigenvalue weighted by Crippen LogP contribution is 2.42. The first-order valence-corrected chi connectivity index (χ1v) is 22.3. The van der Waals surface area contributed by atoms with Gasteiger partial charge in [-0.15, -0.1) is 11.3 Å². The normalized spacial score (nSPS) is 11.5. The minimum Gasteiger partial charge on any atom is -0.310 e. The second-order valence-corrected chi connectivity index (χ2v) is 17.2. The van der Waals surface area contributed by atoms with Crippen molar-refractivity contribution in [2.75, 3.05) is 4.90 Å². The van der Waals surface area contributed by atoms with Gasteiger partial charge in [0.15, 0.2) is 0 Å². The van der Waals surface area contributed by atoms with Crippen molar-refractivity contribution in [1.29, 1.82) is 0 Å². The summed E-state index contributed by atoms with van der Waals surface area (Å²) >= 11 is 1.86. The molecule has 12 rings (SSSR count). The third kappa shape index (κ3) is 6.67. The maximum absolute atomic E-state index is 2.40. The quantitative estimate of drug-likeness (QED) is 0.148. The third-order valence-electron chi connectivity index (χ3n) is 12.4. The number of anilines is 3. The highest BCUT2D eigenvalue weighted by atomic mass is 32.1. The summed E-state index contributed by atoms with van der Waals surface area (Å²) in [5.41, 5.74) is 16.3. The second kappa shape index (κ2) is 15.5. The summed E-state index contributed by atoms with van der Waals surface area (Å²) < 4.78 is 5.04. The first-order valence-electron chi connectivity index (χ1n) is 21.5. The van der Waals surface area contributed by atoms with Gasteiger partial charge in [0.05, 0.1) is 11.0 Å². The van der Waals surface area contributed by atoms with Crippen LogP contribution in [0.1, 0.15) is 0 Å². The largest absolute Gasteiger partial charge is 0.310 e. The number of thiophene rings is 1. The van der Waals surface area contributed by atoms with Crippen molar-refractivity contribution in [1.82, 2.24) is 4.57 Å². The molecule has 12 aromatic rings. The van der Waals surface area contributed by atoms with Gasteiger partial charge in [-0.25, -0.2) is 0 Å². The van der Waals surface area contributed by atoms with Gasteiger partial charge in [0.2, 0.25) is 0 Å². The summed E-state index contributed by atoms with van der Waals surface area (Å²) in [7, 11) is 0. The number of nitrogens with zero attached hydrogens (tertiary/aromatic N) is 2. The summed E-state index contributed by atoms with van der Waals surface area (Å²) in [6.07, 6.45) is 0. The van der Waals surface area contributed by atoms with Crippen LogP contribution in [0.15, 0.2) is 243 Å². The van der Waals surface area contributed by atoms with E-state index in [4.69, 9.17) is 0 Å². The molecule has 0 radical (unpaired) electrons. The summed E-state index contributed by atoms with van der Waals surface area (Å²) in [4.78, 5) is 2.39. The van der Waals surface area contributed by atoms with Crippen molar-refractivity contribution >= 4 is 70.4 Å². The zero-order chi connectivity index (χ0) is 41.7. The fourth-order valence-electron chi connectivity index (χ4n) is 9.30. The lowest BCUT2D eigenvalue weighted by Gasteiger charge is -2.26. The number of hydrogen-bond donors (Lipinski definition) is 0. The number of aromatic nitrogens is 1. The number of fused-ring (bicyclic) bond motifs is 6. The molecule has 0 aliphatic heterocycles. The molecule has 0 aliphatic carbocycles. The smallest absolute Gasteiger partial charge is 0.0561 e. The average molecular weight is 821 g/mol. The van der Waals surface area contributed by atoms with Gasteiger partial charge in [-0.3, -0.25) is 0 Å². The third-order valence-corrected chi connectivity index (χ3v) is 13.5. The second-order valence-electron chi connectivity index (χ2n) is 16.2. The highest BCUT2D eigenvalue weighted by molar-refractivity contribution is 7.25. The Morgan fingerprint density at radius 3 is 1.37 bits per heavy atom. The van der Waals surface area contributed by atoms with Gasteiger partial charge in [-0.1, -0.05) is 152 Å². The molecule has 2 heterocycles. The van der Waals surface area contributed by atoms with E-state index in [1.54, 1.807) is 0 Å². The Morgan fingerprint density at radius 1 is 0.270 bits per heavy atom. The summed E-state index contributed by atoms with van der Waals surface area (Å²) in [6, 6.07) is 88.4. The standard InChI is InChI=1S/C60H40N2S/c1-4-14-41(15-5-1)46-36-47(42-16-6-2-7-17-42)38-48(37-46)44-26-31-51(32-27-44)61(50-29-24-43(25-30-50)45-28-35-60-56(39-45)55-21-11-13-23-59(55)63-60)52-33-34-54-53-20-10-12-22-57(53)62(58(54)40-52)49-18-8-3-9-19-49/h1-40H. The van der Waals surface area contributed by atoms with Crippen molar-refractivity contribution < 1.29 is 0 Å². The van der Waals surface area contributed by atoms with Crippen LogP contribution in [-0.2, 0) is 0 Å². The molecule has 3 heteroatoms. The van der Waals surface area contributed by atoms with Crippen LogP contribution in [0.5, 0.6) is 0 Å². The first-order chi connectivity index (χ1) is 31.2. The van der Waals surface area contributed by atoms with E-state index in [-0.39, 0.29) is 0 Å². The number of para-hydroxylation sites is 2. The van der Waals surface area contributed by atoms with Crippen molar-refractivity contribution in [2.45, 2.75) is 0 Å². The molecule has 0 aliphatic rings. The topological polar surface area (TPSA) is 8.17 Å². The van der Waals surface area contributed by atoms with Crippen LogP contribution < -0.4 is 4.90 Å². The molecule has 0 saturated heterocycles. The lowest BCUT2D eigenvalue weighted by molar-refractivity contribution is 1.18. The minimum atomic E-state index is 1.09. The molecule has 296 valence electrons. The van der Waals surface area contributed by atoms with Gasteiger partial charge in [0.25, 0.3) is 0 Å². The van der Waals surface area contributed by atoms with E-state index < -0.39 is 0 Å². The van der Waals surface area contributed by atoms with Gasteiger partial charge in [0.1, 0.15) is 0 Å². The van der Waals surface area contributed by atoms with Crippen LogP contribution in [0, 0.1) is 0 Å². The molecule has 0 atom stereocenters. The van der Waals surface area contributed by atoms with E-state index in [0.29, 0.717) is 0 Å². The van der Waals surface area contributed by atoms with E-state index in [1.807, 2.05) is 11.3 Å². The molecule has 0 fully saturated rings. The number of rotatable bonds is 8. The molecule has 0 N–H and O–H groups in total. The van der Waals surface area contributed by atoms with Gasteiger partial charge < -0.3 is 9.47 Å². The Morgan fingerprint density at radius 2 is 0.730 bits per heavy atom. The zero-order valence-corrected chi connectivity index (χ0v) is 35.2. The molecule has 0 saturated carbocycles. The van der Waals surface area contributed by atoms with E-state index in [0.717, 1.165) is 22.7 Å². The molecule has 0 spiro atoms. The van der Waals surface area contributed by atoms with Crippen LogP contribution in [0.25, 0.3) is 92.2 Å². The van der Waals surface area contributed by atoms with E-state index in [1.165, 1.54) is 86.5 Å². The molecule has 2 nitrogen and oxygen atoms in total.